The summed E-state index contributed by atoms with van der Waals surface area (Å²) < 4.78 is 14.1. The van der Waals surface area contributed by atoms with Crippen LogP contribution in [0.5, 0.6) is 0 Å². The highest BCUT2D eigenvalue weighted by Crippen LogP contribution is 2.44. The van der Waals surface area contributed by atoms with Gasteiger partial charge in [0.05, 0.1) is 0 Å². The Kier molecular flexibility index (Phi) is 5.37. The number of hydrogen-bond acceptors (Lipinski definition) is 3. The summed E-state index contributed by atoms with van der Waals surface area (Å²) in [5, 5.41) is 6.14. The fraction of sp³-hybridized carbons (Fsp3) is 0.217. The lowest BCUT2D eigenvalue weighted by atomic mass is 9.75. The fourth-order valence-corrected chi connectivity index (χ4v) is 4.55. The Labute approximate surface area is 177 Å². The zero-order valence-corrected chi connectivity index (χ0v) is 17.5. The predicted molar refractivity (Wildman–Crippen MR) is 114 cm³/mol. The van der Waals surface area contributed by atoms with E-state index < -0.39 is 5.92 Å². The third kappa shape index (κ3) is 3.77. The molecule has 2 aliphatic rings. The van der Waals surface area contributed by atoms with Crippen molar-refractivity contribution in [3.05, 3.63) is 86.9 Å². The molecule has 0 radical (unpaired) electrons. The van der Waals surface area contributed by atoms with Gasteiger partial charge in [0.15, 0.2) is 5.78 Å². The van der Waals surface area contributed by atoms with Crippen molar-refractivity contribution in [2.24, 2.45) is 0 Å². The van der Waals surface area contributed by atoms with Crippen molar-refractivity contribution in [3.63, 3.8) is 0 Å². The number of rotatable bonds is 3. The molecule has 4 nitrogen and oxygen atoms in total. The number of hydrogen-bond donors (Lipinski definition) is 2. The molecule has 1 heterocycles. The van der Waals surface area contributed by atoms with Crippen molar-refractivity contribution in [1.29, 1.82) is 0 Å². The first-order valence-electron chi connectivity index (χ1n) is 9.51. The van der Waals surface area contributed by atoms with E-state index in [1.54, 1.807) is 0 Å². The minimum absolute atomic E-state index is 0.0686. The molecule has 1 aliphatic carbocycles. The van der Waals surface area contributed by atoms with Gasteiger partial charge in [-0.1, -0.05) is 34.1 Å². The lowest BCUT2D eigenvalue weighted by molar-refractivity contribution is -0.116. The van der Waals surface area contributed by atoms with Crippen molar-refractivity contribution < 1.29 is 14.0 Å². The first-order chi connectivity index (χ1) is 14.0. The number of carbonyl (C=O) groups excluding carboxylic acids is 2. The van der Waals surface area contributed by atoms with Crippen LogP contribution < -0.4 is 10.6 Å². The van der Waals surface area contributed by atoms with E-state index in [0.717, 1.165) is 34.3 Å². The molecule has 0 spiro atoms. The lowest BCUT2D eigenvalue weighted by Crippen LogP contribution is -2.35. The quantitative estimate of drug-likeness (QED) is 0.670. The van der Waals surface area contributed by atoms with Gasteiger partial charge in [-0.05, 0) is 55.7 Å². The standard InChI is InChI=1S/C23H20BrFN2O2/c1-13-20(23(29)27-15-11-9-14(25)10-12-15)21(16-5-2-3-6-17(16)24)22-18(26-13)7-4-8-19(22)28/h2-3,5-6,9-12,21,26H,4,7-8H2,1H3,(H,27,29)/t21-/m1/s1. The van der Waals surface area contributed by atoms with E-state index in [0.29, 0.717) is 23.3 Å². The van der Waals surface area contributed by atoms with E-state index in [1.807, 2.05) is 31.2 Å². The van der Waals surface area contributed by atoms with E-state index in [9.17, 15) is 14.0 Å². The van der Waals surface area contributed by atoms with Crippen LogP contribution in [-0.2, 0) is 9.59 Å². The Morgan fingerprint density at radius 1 is 1.14 bits per heavy atom. The van der Waals surface area contributed by atoms with Crippen LogP contribution in [0.15, 0.2) is 75.5 Å². The van der Waals surface area contributed by atoms with E-state index in [-0.39, 0.29) is 17.5 Å². The molecule has 2 aromatic rings. The van der Waals surface area contributed by atoms with Crippen LogP contribution in [0, 0.1) is 5.82 Å². The Balaban J connectivity index is 1.80. The van der Waals surface area contributed by atoms with Gasteiger partial charge >= 0.3 is 0 Å². The van der Waals surface area contributed by atoms with Gasteiger partial charge in [0.2, 0.25) is 0 Å². The average molecular weight is 455 g/mol. The van der Waals surface area contributed by atoms with Gasteiger partial charge in [-0.25, -0.2) is 4.39 Å². The van der Waals surface area contributed by atoms with Crippen LogP contribution >= 0.6 is 15.9 Å². The zero-order chi connectivity index (χ0) is 20.5. The summed E-state index contributed by atoms with van der Waals surface area (Å²) >= 11 is 3.59. The molecule has 1 atom stereocenters. The Bertz CT molecular complexity index is 1060. The molecular formula is C23H20BrFN2O2. The van der Waals surface area contributed by atoms with Crippen LogP contribution in [0.1, 0.15) is 37.7 Å². The van der Waals surface area contributed by atoms with Crippen LogP contribution in [0.3, 0.4) is 0 Å². The van der Waals surface area contributed by atoms with Gasteiger partial charge in [-0.2, -0.15) is 0 Å². The molecule has 1 aliphatic heterocycles. The highest BCUT2D eigenvalue weighted by atomic mass is 79.9. The molecule has 1 amide bonds. The first kappa shape index (κ1) is 19.6. The molecule has 0 saturated carbocycles. The molecule has 0 saturated heterocycles. The lowest BCUT2D eigenvalue weighted by Gasteiger charge is -2.35. The molecule has 0 unspecified atom stereocenters. The summed E-state index contributed by atoms with van der Waals surface area (Å²) in [4.78, 5) is 26.2. The molecule has 29 heavy (non-hydrogen) atoms. The molecular weight excluding hydrogens is 435 g/mol. The minimum atomic E-state index is -0.463. The number of carbonyl (C=O) groups is 2. The number of amides is 1. The third-order valence-corrected chi connectivity index (χ3v) is 6.06. The summed E-state index contributed by atoms with van der Waals surface area (Å²) in [6.45, 7) is 1.85. The Hall–Kier alpha value is -2.73. The number of ketones is 1. The number of Topliss-reactive ketones (excluding diaryl/α,β-unsaturated/α-hetero) is 1. The number of halogens is 2. The Morgan fingerprint density at radius 2 is 1.86 bits per heavy atom. The fourth-order valence-electron chi connectivity index (χ4n) is 4.04. The normalized spacial score (nSPS) is 19.0. The van der Waals surface area contributed by atoms with Crippen LogP contribution in [0.4, 0.5) is 10.1 Å². The largest absolute Gasteiger partial charge is 0.362 e. The van der Waals surface area contributed by atoms with E-state index in [1.165, 1.54) is 24.3 Å². The summed E-state index contributed by atoms with van der Waals surface area (Å²) in [6, 6.07) is 13.3. The van der Waals surface area contributed by atoms with Crippen molar-refractivity contribution in [2.75, 3.05) is 5.32 Å². The smallest absolute Gasteiger partial charge is 0.254 e. The van der Waals surface area contributed by atoms with E-state index >= 15 is 0 Å². The summed E-state index contributed by atoms with van der Waals surface area (Å²) in [7, 11) is 0. The molecule has 2 N–H and O–H groups in total. The predicted octanol–water partition coefficient (Wildman–Crippen LogP) is 5.19. The zero-order valence-electron chi connectivity index (χ0n) is 15.9. The summed E-state index contributed by atoms with van der Waals surface area (Å²) in [6.07, 6.45) is 2.07. The van der Waals surface area contributed by atoms with Crippen LogP contribution in [0.2, 0.25) is 0 Å². The van der Waals surface area contributed by atoms with Gasteiger partial charge in [0.1, 0.15) is 5.82 Å². The second-order valence-electron chi connectivity index (χ2n) is 7.25. The summed E-state index contributed by atoms with van der Waals surface area (Å²) in [5.74, 6) is -1.08. The second-order valence-corrected chi connectivity index (χ2v) is 8.10. The van der Waals surface area contributed by atoms with Crippen molar-refractivity contribution in [3.8, 4) is 0 Å². The molecule has 148 valence electrons. The van der Waals surface area contributed by atoms with Crippen molar-refractivity contribution in [2.45, 2.75) is 32.1 Å². The molecule has 0 bridgehead atoms. The van der Waals surface area contributed by atoms with Gasteiger partial charge in [0, 0.05) is 45.0 Å². The highest BCUT2D eigenvalue weighted by molar-refractivity contribution is 9.10. The monoisotopic (exact) mass is 454 g/mol. The van der Waals surface area contributed by atoms with Crippen molar-refractivity contribution >= 4 is 33.3 Å². The third-order valence-electron chi connectivity index (χ3n) is 5.34. The van der Waals surface area contributed by atoms with Gasteiger partial charge in [-0.3, -0.25) is 9.59 Å². The molecule has 4 rings (SSSR count). The SMILES string of the molecule is CC1=C(C(=O)Nc2ccc(F)cc2)[C@@H](c2ccccc2Br)C2=C(CCCC2=O)N1. The number of nitrogens with one attached hydrogen (secondary N) is 2. The van der Waals surface area contributed by atoms with Gasteiger partial charge in [0.25, 0.3) is 5.91 Å². The highest BCUT2D eigenvalue weighted by Gasteiger charge is 2.39. The maximum atomic E-state index is 13.3. The maximum absolute atomic E-state index is 13.3. The second kappa shape index (κ2) is 7.95. The number of benzene rings is 2. The minimum Gasteiger partial charge on any atom is -0.362 e. The number of dihydropyridines is 1. The van der Waals surface area contributed by atoms with Crippen molar-refractivity contribution in [1.82, 2.24) is 5.32 Å². The molecule has 6 heteroatoms. The van der Waals surface area contributed by atoms with E-state index in [4.69, 9.17) is 0 Å². The molecule has 2 aromatic carbocycles. The van der Waals surface area contributed by atoms with Crippen LogP contribution in [-0.4, -0.2) is 11.7 Å². The average Bonchev–Trinajstić information content (AvgIpc) is 2.69. The molecule has 0 aromatic heterocycles. The van der Waals surface area contributed by atoms with Gasteiger partial charge in [-0.15, -0.1) is 0 Å². The first-order valence-corrected chi connectivity index (χ1v) is 10.3. The van der Waals surface area contributed by atoms with Crippen LogP contribution in [0.25, 0.3) is 0 Å². The summed E-state index contributed by atoms with van der Waals surface area (Å²) in [5.41, 5.74) is 4.16. The van der Waals surface area contributed by atoms with Gasteiger partial charge < -0.3 is 10.6 Å². The molecule has 0 fully saturated rings. The van der Waals surface area contributed by atoms with E-state index in [2.05, 4.69) is 26.6 Å². The topological polar surface area (TPSA) is 58.2 Å². The number of allylic oxidation sites excluding steroid dienone is 3. The maximum Gasteiger partial charge on any atom is 0.254 e. The Morgan fingerprint density at radius 3 is 2.59 bits per heavy atom. The number of anilines is 1.